The molecule has 0 aromatic heterocycles. The number of hydrogen-bond donors (Lipinski definition) is 2. The Morgan fingerprint density at radius 3 is 2.81 bits per heavy atom. The fraction of sp³-hybridized carbons (Fsp3) is 0.625. The van der Waals surface area contributed by atoms with E-state index in [4.69, 9.17) is 16.3 Å². The normalized spacial score (nSPS) is 31.3. The van der Waals surface area contributed by atoms with Crippen LogP contribution in [0.25, 0.3) is 0 Å². The second-order valence-corrected chi connectivity index (χ2v) is 6.98. The van der Waals surface area contributed by atoms with E-state index in [2.05, 4.69) is 10.2 Å². The summed E-state index contributed by atoms with van der Waals surface area (Å²) in [5.41, 5.74) is 1.18. The Hall–Kier alpha value is -0.810. The average molecular weight is 309 g/mol. The second kappa shape index (κ2) is 5.13. The SMILES string of the molecule is OC1CNCC1N1CCC2(CC1)Cc1cc(Cl)ccc1O2. The highest BCUT2D eigenvalue weighted by atomic mass is 35.5. The summed E-state index contributed by atoms with van der Waals surface area (Å²) in [5, 5.41) is 14.1. The highest BCUT2D eigenvalue weighted by molar-refractivity contribution is 6.30. The van der Waals surface area contributed by atoms with E-state index < -0.39 is 0 Å². The van der Waals surface area contributed by atoms with Gasteiger partial charge in [0.2, 0.25) is 0 Å². The van der Waals surface area contributed by atoms with Gasteiger partial charge in [0.05, 0.1) is 6.10 Å². The first-order chi connectivity index (χ1) is 10.2. The lowest BCUT2D eigenvalue weighted by Gasteiger charge is -2.41. The number of nitrogens with zero attached hydrogens (tertiary/aromatic N) is 1. The molecule has 3 heterocycles. The number of likely N-dealkylation sites (tertiary alicyclic amines) is 1. The lowest BCUT2D eigenvalue weighted by atomic mass is 9.86. The molecule has 0 amide bonds. The maximum atomic E-state index is 10.0. The molecule has 1 aromatic carbocycles. The smallest absolute Gasteiger partial charge is 0.123 e. The number of fused-ring (bicyclic) bond motifs is 1. The number of hydrogen-bond acceptors (Lipinski definition) is 4. The van der Waals surface area contributed by atoms with Crippen molar-refractivity contribution in [1.29, 1.82) is 0 Å². The van der Waals surface area contributed by atoms with Crippen molar-refractivity contribution < 1.29 is 9.84 Å². The molecular weight excluding hydrogens is 288 g/mol. The van der Waals surface area contributed by atoms with Crippen LogP contribution in [0.5, 0.6) is 5.75 Å². The Morgan fingerprint density at radius 2 is 2.10 bits per heavy atom. The predicted octanol–water partition coefficient (Wildman–Crippen LogP) is 1.44. The van der Waals surface area contributed by atoms with E-state index >= 15 is 0 Å². The van der Waals surface area contributed by atoms with Gasteiger partial charge in [-0.25, -0.2) is 0 Å². The summed E-state index contributed by atoms with van der Waals surface area (Å²) in [6.07, 6.45) is 2.76. The van der Waals surface area contributed by atoms with Crippen LogP contribution < -0.4 is 10.1 Å². The summed E-state index contributed by atoms with van der Waals surface area (Å²) in [7, 11) is 0. The molecular formula is C16H21ClN2O2. The molecule has 0 bridgehead atoms. The van der Waals surface area contributed by atoms with Crippen LogP contribution in [0.3, 0.4) is 0 Å². The van der Waals surface area contributed by atoms with E-state index in [9.17, 15) is 5.11 Å². The number of benzene rings is 1. The molecule has 1 aromatic rings. The Kier molecular flexibility index (Phi) is 3.38. The fourth-order valence-corrected chi connectivity index (χ4v) is 4.16. The summed E-state index contributed by atoms with van der Waals surface area (Å²) >= 11 is 6.08. The number of halogens is 1. The molecule has 3 aliphatic rings. The van der Waals surface area contributed by atoms with E-state index in [-0.39, 0.29) is 17.7 Å². The van der Waals surface area contributed by atoms with Crippen LogP contribution >= 0.6 is 11.6 Å². The van der Waals surface area contributed by atoms with E-state index in [1.165, 1.54) is 5.56 Å². The molecule has 0 radical (unpaired) electrons. The minimum atomic E-state index is -0.237. The van der Waals surface area contributed by atoms with Gasteiger partial charge in [0, 0.05) is 56.5 Å². The van der Waals surface area contributed by atoms with Gasteiger partial charge in [-0.05, 0) is 23.8 Å². The first kappa shape index (κ1) is 13.8. The van der Waals surface area contributed by atoms with E-state index in [0.717, 1.165) is 49.7 Å². The van der Waals surface area contributed by atoms with Crippen molar-refractivity contribution in [2.24, 2.45) is 0 Å². The van der Waals surface area contributed by atoms with Gasteiger partial charge < -0.3 is 15.2 Å². The molecule has 2 fully saturated rings. The van der Waals surface area contributed by atoms with Crippen molar-refractivity contribution >= 4 is 11.6 Å². The van der Waals surface area contributed by atoms with Crippen molar-refractivity contribution in [1.82, 2.24) is 10.2 Å². The minimum absolute atomic E-state index is 0.0551. The topological polar surface area (TPSA) is 44.7 Å². The highest BCUT2D eigenvalue weighted by Crippen LogP contribution is 2.42. The molecule has 3 aliphatic heterocycles. The van der Waals surface area contributed by atoms with Gasteiger partial charge in [-0.15, -0.1) is 0 Å². The number of nitrogens with one attached hydrogen (secondary N) is 1. The molecule has 4 rings (SSSR count). The summed E-state index contributed by atoms with van der Waals surface area (Å²) in [6.45, 7) is 3.59. The highest BCUT2D eigenvalue weighted by Gasteiger charge is 2.44. The number of aliphatic hydroxyl groups excluding tert-OH is 1. The number of rotatable bonds is 1. The Morgan fingerprint density at radius 1 is 1.29 bits per heavy atom. The molecule has 5 heteroatoms. The quantitative estimate of drug-likeness (QED) is 0.824. The van der Waals surface area contributed by atoms with Gasteiger partial charge in [-0.3, -0.25) is 4.90 Å². The average Bonchev–Trinajstić information content (AvgIpc) is 3.03. The Labute approximate surface area is 130 Å². The molecule has 2 unspecified atom stereocenters. The Balaban J connectivity index is 1.44. The third-order valence-electron chi connectivity index (χ3n) is 5.19. The largest absolute Gasteiger partial charge is 0.487 e. The summed E-state index contributed by atoms with van der Waals surface area (Å²) in [6, 6.07) is 6.18. The first-order valence-corrected chi connectivity index (χ1v) is 8.13. The Bertz CT molecular complexity index is 543. The second-order valence-electron chi connectivity index (χ2n) is 6.54. The van der Waals surface area contributed by atoms with Crippen LogP contribution in [-0.2, 0) is 6.42 Å². The van der Waals surface area contributed by atoms with E-state index in [1.54, 1.807) is 0 Å². The standard InChI is InChI=1S/C16H21ClN2O2/c17-12-1-2-15-11(7-12)8-16(21-15)3-5-19(6-4-16)13-9-18-10-14(13)20/h1-2,7,13-14,18,20H,3-6,8-10H2. The molecule has 2 N–H and O–H groups in total. The summed E-state index contributed by atoms with van der Waals surface area (Å²) in [5.74, 6) is 0.996. The van der Waals surface area contributed by atoms with Crippen molar-refractivity contribution in [3.8, 4) is 5.75 Å². The maximum absolute atomic E-state index is 10.0. The van der Waals surface area contributed by atoms with Crippen LogP contribution in [0.1, 0.15) is 18.4 Å². The molecule has 0 aliphatic carbocycles. The molecule has 2 saturated heterocycles. The maximum Gasteiger partial charge on any atom is 0.123 e. The van der Waals surface area contributed by atoms with E-state index in [0.29, 0.717) is 6.54 Å². The first-order valence-electron chi connectivity index (χ1n) is 7.76. The van der Waals surface area contributed by atoms with Crippen molar-refractivity contribution in [2.75, 3.05) is 26.2 Å². The lowest BCUT2D eigenvalue weighted by Crippen LogP contribution is -2.53. The number of piperidine rings is 1. The third kappa shape index (κ3) is 2.44. The van der Waals surface area contributed by atoms with Crippen LogP contribution in [0.4, 0.5) is 0 Å². The zero-order valence-corrected chi connectivity index (χ0v) is 12.8. The van der Waals surface area contributed by atoms with Gasteiger partial charge in [0.25, 0.3) is 0 Å². The van der Waals surface area contributed by atoms with Crippen LogP contribution in [-0.4, -0.2) is 53.9 Å². The van der Waals surface area contributed by atoms with Gasteiger partial charge in [0.15, 0.2) is 0 Å². The minimum Gasteiger partial charge on any atom is -0.487 e. The molecule has 2 atom stereocenters. The molecule has 21 heavy (non-hydrogen) atoms. The molecule has 114 valence electrons. The van der Waals surface area contributed by atoms with Crippen LogP contribution in [0, 0.1) is 0 Å². The monoisotopic (exact) mass is 308 g/mol. The van der Waals surface area contributed by atoms with E-state index in [1.807, 2.05) is 18.2 Å². The molecule has 0 saturated carbocycles. The van der Waals surface area contributed by atoms with Crippen molar-refractivity contribution in [3.05, 3.63) is 28.8 Å². The van der Waals surface area contributed by atoms with Crippen molar-refractivity contribution in [2.45, 2.75) is 37.0 Å². The molecule has 4 nitrogen and oxygen atoms in total. The number of aliphatic hydroxyl groups is 1. The van der Waals surface area contributed by atoms with Gasteiger partial charge in [-0.1, -0.05) is 11.6 Å². The van der Waals surface area contributed by atoms with Gasteiger partial charge >= 0.3 is 0 Å². The van der Waals surface area contributed by atoms with Crippen LogP contribution in [0.2, 0.25) is 5.02 Å². The lowest BCUT2D eigenvalue weighted by molar-refractivity contribution is -0.0107. The number of β-amino-alcohol motifs (C(OH)–C–C–N with tert-alkyl or cyclic N) is 1. The third-order valence-corrected chi connectivity index (χ3v) is 5.43. The van der Waals surface area contributed by atoms with Crippen molar-refractivity contribution in [3.63, 3.8) is 0 Å². The fourth-order valence-electron chi connectivity index (χ4n) is 3.97. The van der Waals surface area contributed by atoms with Gasteiger partial charge in [-0.2, -0.15) is 0 Å². The van der Waals surface area contributed by atoms with Gasteiger partial charge in [0.1, 0.15) is 11.4 Å². The predicted molar refractivity (Wildman–Crippen MR) is 82.0 cm³/mol. The molecule has 1 spiro atoms. The zero-order valence-electron chi connectivity index (χ0n) is 12.0. The zero-order chi connectivity index (χ0) is 14.4. The summed E-state index contributed by atoms with van der Waals surface area (Å²) in [4.78, 5) is 2.41. The number of ether oxygens (including phenoxy) is 1. The van der Waals surface area contributed by atoms with Crippen LogP contribution in [0.15, 0.2) is 18.2 Å². The summed E-state index contributed by atoms with van der Waals surface area (Å²) < 4.78 is 6.26.